The maximum absolute atomic E-state index is 5.20. The quantitative estimate of drug-likeness (QED) is 0.770. The second-order valence-corrected chi connectivity index (χ2v) is 4.07. The molecule has 3 rings (SSSR count). The highest BCUT2D eigenvalue weighted by molar-refractivity contribution is 5.85. The zero-order valence-corrected chi connectivity index (χ0v) is 8.88. The molecule has 1 aromatic heterocycles. The molecule has 14 heavy (non-hydrogen) atoms. The number of aromatic nitrogens is 2. The van der Waals surface area contributed by atoms with Gasteiger partial charge in [0.1, 0.15) is 0 Å². The van der Waals surface area contributed by atoms with Gasteiger partial charge in [-0.1, -0.05) is 5.16 Å². The molecule has 0 aromatic carbocycles. The highest BCUT2D eigenvalue weighted by atomic mass is 35.5. The predicted molar refractivity (Wildman–Crippen MR) is 53.6 cm³/mol. The summed E-state index contributed by atoms with van der Waals surface area (Å²) in [5.74, 6) is 2.05. The Balaban J connectivity index is 0.000000750. The van der Waals surface area contributed by atoms with Gasteiger partial charge in [-0.15, -0.1) is 12.4 Å². The molecule has 2 aliphatic heterocycles. The van der Waals surface area contributed by atoms with Crippen LogP contribution in [-0.4, -0.2) is 22.2 Å². The second kappa shape index (κ2) is 3.51. The molecule has 0 radical (unpaired) electrons. The van der Waals surface area contributed by atoms with Gasteiger partial charge in [-0.2, -0.15) is 4.98 Å². The zero-order valence-electron chi connectivity index (χ0n) is 8.06. The second-order valence-electron chi connectivity index (χ2n) is 4.07. The zero-order chi connectivity index (χ0) is 8.84. The fourth-order valence-corrected chi connectivity index (χ4v) is 2.56. The van der Waals surface area contributed by atoms with Gasteiger partial charge in [0, 0.05) is 12.1 Å². The molecule has 3 atom stereocenters. The third-order valence-electron chi connectivity index (χ3n) is 3.16. The van der Waals surface area contributed by atoms with Crippen LogP contribution in [-0.2, 0) is 0 Å². The Labute approximate surface area is 88.9 Å². The highest BCUT2D eigenvalue weighted by Crippen LogP contribution is 2.38. The van der Waals surface area contributed by atoms with Crippen molar-refractivity contribution in [3.63, 3.8) is 0 Å². The monoisotopic (exact) mass is 215 g/mol. The van der Waals surface area contributed by atoms with Gasteiger partial charge >= 0.3 is 0 Å². The third kappa shape index (κ3) is 1.42. The lowest BCUT2D eigenvalue weighted by Gasteiger charge is -2.15. The van der Waals surface area contributed by atoms with Crippen molar-refractivity contribution in [1.82, 2.24) is 15.5 Å². The molecule has 3 heterocycles. The molecule has 0 saturated carbocycles. The molecule has 3 unspecified atom stereocenters. The molecular weight excluding hydrogens is 202 g/mol. The van der Waals surface area contributed by atoms with Gasteiger partial charge < -0.3 is 9.84 Å². The highest BCUT2D eigenvalue weighted by Gasteiger charge is 2.42. The van der Waals surface area contributed by atoms with Crippen LogP contribution in [0.25, 0.3) is 0 Å². The van der Waals surface area contributed by atoms with Gasteiger partial charge in [0.25, 0.3) is 0 Å². The summed E-state index contributed by atoms with van der Waals surface area (Å²) in [5.41, 5.74) is 0. The van der Waals surface area contributed by atoms with Gasteiger partial charge in [0.05, 0.1) is 5.92 Å². The minimum atomic E-state index is 0. The number of halogens is 1. The van der Waals surface area contributed by atoms with Gasteiger partial charge in [0.2, 0.25) is 5.89 Å². The third-order valence-corrected chi connectivity index (χ3v) is 3.16. The Bertz CT molecular complexity index is 328. The molecule has 4 nitrogen and oxygen atoms in total. The number of fused-ring (bicyclic) bond motifs is 2. The van der Waals surface area contributed by atoms with E-state index in [0.717, 1.165) is 11.7 Å². The van der Waals surface area contributed by atoms with Crippen molar-refractivity contribution < 1.29 is 4.52 Å². The molecule has 1 N–H and O–H groups in total. The summed E-state index contributed by atoms with van der Waals surface area (Å²) >= 11 is 0. The first-order chi connectivity index (χ1) is 6.33. The fraction of sp³-hybridized carbons (Fsp3) is 0.778. The van der Waals surface area contributed by atoms with Crippen LogP contribution in [0.1, 0.15) is 36.9 Å². The summed E-state index contributed by atoms with van der Waals surface area (Å²) in [6.07, 6.45) is 3.75. The fourth-order valence-electron chi connectivity index (χ4n) is 2.56. The van der Waals surface area contributed by atoms with Crippen LogP contribution in [0.4, 0.5) is 0 Å². The first-order valence-electron chi connectivity index (χ1n) is 4.89. The largest absolute Gasteiger partial charge is 0.339 e. The minimum Gasteiger partial charge on any atom is -0.339 e. The van der Waals surface area contributed by atoms with Crippen molar-refractivity contribution in [1.29, 1.82) is 0 Å². The maximum Gasteiger partial charge on any atom is 0.231 e. The lowest BCUT2D eigenvalue weighted by atomic mass is 9.89. The number of nitrogens with one attached hydrogen (secondary N) is 1. The van der Waals surface area contributed by atoms with Crippen molar-refractivity contribution in [2.24, 2.45) is 0 Å². The molecule has 78 valence electrons. The summed E-state index contributed by atoms with van der Waals surface area (Å²) in [4.78, 5) is 4.29. The van der Waals surface area contributed by atoms with Crippen LogP contribution in [0.2, 0.25) is 0 Å². The lowest BCUT2D eigenvalue weighted by Crippen LogP contribution is -2.21. The van der Waals surface area contributed by atoms with E-state index in [1.165, 1.54) is 19.3 Å². The van der Waals surface area contributed by atoms with Crippen LogP contribution in [0.15, 0.2) is 4.52 Å². The smallest absolute Gasteiger partial charge is 0.231 e. The Hall–Kier alpha value is -0.610. The van der Waals surface area contributed by atoms with Crippen molar-refractivity contribution in [2.75, 3.05) is 0 Å². The number of nitrogens with zero attached hydrogens (tertiary/aromatic N) is 2. The first-order valence-corrected chi connectivity index (χ1v) is 4.89. The van der Waals surface area contributed by atoms with E-state index in [0.29, 0.717) is 18.0 Å². The van der Waals surface area contributed by atoms with E-state index >= 15 is 0 Å². The summed E-state index contributed by atoms with van der Waals surface area (Å²) in [5, 5.41) is 7.39. The van der Waals surface area contributed by atoms with E-state index < -0.39 is 0 Å². The van der Waals surface area contributed by atoms with Crippen LogP contribution < -0.4 is 5.32 Å². The molecule has 2 aliphatic rings. The Morgan fingerprint density at radius 1 is 1.43 bits per heavy atom. The maximum atomic E-state index is 5.20. The predicted octanol–water partition coefficient (Wildman–Crippen LogP) is 1.41. The molecule has 2 fully saturated rings. The first kappa shape index (κ1) is 9.93. The molecule has 1 aromatic rings. The van der Waals surface area contributed by atoms with E-state index in [1.54, 1.807) is 0 Å². The number of hydrogen-bond acceptors (Lipinski definition) is 4. The van der Waals surface area contributed by atoms with Crippen molar-refractivity contribution >= 4 is 12.4 Å². The van der Waals surface area contributed by atoms with Crippen LogP contribution >= 0.6 is 12.4 Å². The number of rotatable bonds is 1. The average molecular weight is 216 g/mol. The van der Waals surface area contributed by atoms with E-state index in [9.17, 15) is 0 Å². The van der Waals surface area contributed by atoms with E-state index in [1.807, 2.05) is 6.92 Å². The molecule has 0 amide bonds. The van der Waals surface area contributed by atoms with E-state index in [-0.39, 0.29) is 12.4 Å². The molecule has 5 heteroatoms. The molecule has 2 bridgehead atoms. The minimum absolute atomic E-state index is 0. The molecular formula is C9H14ClN3O. The number of hydrogen-bond donors (Lipinski definition) is 1. The van der Waals surface area contributed by atoms with Gasteiger partial charge in [0.15, 0.2) is 5.82 Å². The molecule has 0 aliphatic carbocycles. The molecule has 2 saturated heterocycles. The Kier molecular flexibility index (Phi) is 2.49. The van der Waals surface area contributed by atoms with Crippen molar-refractivity contribution in [3.05, 3.63) is 11.7 Å². The number of aryl methyl sites for hydroxylation is 1. The summed E-state index contributed by atoms with van der Waals surface area (Å²) in [6.45, 7) is 1.87. The van der Waals surface area contributed by atoms with Gasteiger partial charge in [-0.05, 0) is 26.2 Å². The summed E-state index contributed by atoms with van der Waals surface area (Å²) in [7, 11) is 0. The van der Waals surface area contributed by atoms with Gasteiger partial charge in [-0.3, -0.25) is 0 Å². The summed E-state index contributed by atoms with van der Waals surface area (Å²) < 4.78 is 5.20. The Morgan fingerprint density at radius 2 is 2.29 bits per heavy atom. The topological polar surface area (TPSA) is 51.0 Å². The normalized spacial score (nSPS) is 34.5. The average Bonchev–Trinajstić information content (AvgIpc) is 2.77. The molecule has 0 spiro atoms. The van der Waals surface area contributed by atoms with E-state index in [2.05, 4.69) is 15.5 Å². The van der Waals surface area contributed by atoms with Crippen molar-refractivity contribution in [2.45, 2.75) is 44.2 Å². The van der Waals surface area contributed by atoms with Crippen LogP contribution in [0.5, 0.6) is 0 Å². The lowest BCUT2D eigenvalue weighted by molar-refractivity contribution is 0.327. The summed E-state index contributed by atoms with van der Waals surface area (Å²) in [6, 6.07) is 1.28. The van der Waals surface area contributed by atoms with Crippen LogP contribution in [0.3, 0.4) is 0 Å². The SMILES string of the molecule is Cc1noc(C2CC3CCC2N3)n1.Cl. The Morgan fingerprint density at radius 3 is 2.79 bits per heavy atom. The van der Waals surface area contributed by atoms with Gasteiger partial charge in [-0.25, -0.2) is 0 Å². The van der Waals surface area contributed by atoms with E-state index in [4.69, 9.17) is 4.52 Å². The van der Waals surface area contributed by atoms with Crippen molar-refractivity contribution in [3.8, 4) is 0 Å². The standard InChI is InChI=1S/C9H13N3O.ClH/c1-5-10-9(13-12-5)7-4-6-2-3-8(7)11-6;/h6-8,11H,2-4H2,1H3;1H. The van der Waals surface area contributed by atoms with Crippen LogP contribution in [0, 0.1) is 6.92 Å².